The summed E-state index contributed by atoms with van der Waals surface area (Å²) >= 11 is 0. The summed E-state index contributed by atoms with van der Waals surface area (Å²) in [5.41, 5.74) is 0. The zero-order valence-electron chi connectivity index (χ0n) is 8.81. The first kappa shape index (κ1) is 10.6. The normalized spacial score (nSPS) is 19.9. The Morgan fingerprint density at radius 1 is 1.15 bits per heavy atom. The van der Waals surface area contributed by atoms with Gasteiger partial charge in [0.25, 0.3) is 0 Å². The molecule has 0 aliphatic heterocycles. The average molecular weight is 183 g/mol. The van der Waals surface area contributed by atoms with Gasteiger partial charge in [-0.05, 0) is 12.8 Å². The van der Waals surface area contributed by atoms with E-state index in [1.165, 1.54) is 38.5 Å². The number of hydrogen-bond donors (Lipinski definition) is 1. The molecular weight excluding hydrogens is 162 g/mol. The number of rotatable bonds is 2. The molecule has 76 valence electrons. The maximum Gasteiger partial charge on any atom is 0.222 e. The van der Waals surface area contributed by atoms with Gasteiger partial charge in [-0.1, -0.05) is 39.5 Å². The lowest BCUT2D eigenvalue weighted by atomic mass is 10.1. The van der Waals surface area contributed by atoms with Gasteiger partial charge in [-0.25, -0.2) is 0 Å². The summed E-state index contributed by atoms with van der Waals surface area (Å²) in [6.45, 7) is 3.90. The van der Waals surface area contributed by atoms with Crippen LogP contribution in [0.3, 0.4) is 0 Å². The molecule has 2 heteroatoms. The van der Waals surface area contributed by atoms with Gasteiger partial charge in [-0.2, -0.15) is 0 Å². The van der Waals surface area contributed by atoms with Crippen LogP contribution in [0, 0.1) is 5.92 Å². The number of amides is 1. The minimum atomic E-state index is 0.128. The molecule has 0 atom stereocenters. The Morgan fingerprint density at radius 2 is 1.69 bits per heavy atom. The van der Waals surface area contributed by atoms with Crippen molar-refractivity contribution in [1.82, 2.24) is 5.32 Å². The van der Waals surface area contributed by atoms with Crippen molar-refractivity contribution in [2.45, 2.75) is 58.4 Å². The van der Waals surface area contributed by atoms with Crippen LogP contribution in [-0.4, -0.2) is 11.9 Å². The highest BCUT2D eigenvalue weighted by Crippen LogP contribution is 2.17. The Kier molecular flexibility index (Phi) is 4.26. The van der Waals surface area contributed by atoms with E-state index in [0.29, 0.717) is 6.04 Å². The molecule has 1 amide bonds. The lowest BCUT2D eigenvalue weighted by molar-refractivity contribution is -0.124. The summed E-state index contributed by atoms with van der Waals surface area (Å²) in [7, 11) is 0. The molecule has 0 aromatic carbocycles. The van der Waals surface area contributed by atoms with Gasteiger partial charge in [0.15, 0.2) is 0 Å². The highest BCUT2D eigenvalue weighted by atomic mass is 16.1. The zero-order valence-corrected chi connectivity index (χ0v) is 8.81. The maximum absolute atomic E-state index is 11.4. The van der Waals surface area contributed by atoms with E-state index < -0.39 is 0 Å². The van der Waals surface area contributed by atoms with Crippen molar-refractivity contribution in [3.63, 3.8) is 0 Å². The first-order valence-corrected chi connectivity index (χ1v) is 5.50. The topological polar surface area (TPSA) is 29.1 Å². The predicted molar refractivity (Wildman–Crippen MR) is 54.5 cm³/mol. The van der Waals surface area contributed by atoms with Crippen LogP contribution in [0.4, 0.5) is 0 Å². The van der Waals surface area contributed by atoms with Gasteiger partial charge >= 0.3 is 0 Å². The van der Waals surface area contributed by atoms with E-state index in [-0.39, 0.29) is 11.8 Å². The monoisotopic (exact) mass is 183 g/mol. The molecule has 0 unspecified atom stereocenters. The van der Waals surface area contributed by atoms with Crippen molar-refractivity contribution in [2.24, 2.45) is 5.92 Å². The molecule has 2 nitrogen and oxygen atoms in total. The lowest BCUT2D eigenvalue weighted by Crippen LogP contribution is -2.36. The molecule has 0 bridgehead atoms. The van der Waals surface area contributed by atoms with E-state index in [1.54, 1.807) is 0 Å². The number of carbonyl (C=O) groups excluding carboxylic acids is 1. The van der Waals surface area contributed by atoms with Crippen molar-refractivity contribution in [2.75, 3.05) is 0 Å². The largest absolute Gasteiger partial charge is 0.353 e. The van der Waals surface area contributed by atoms with Crippen molar-refractivity contribution < 1.29 is 4.79 Å². The number of nitrogens with one attached hydrogen (secondary N) is 1. The van der Waals surface area contributed by atoms with E-state index in [4.69, 9.17) is 0 Å². The molecule has 0 aromatic heterocycles. The smallest absolute Gasteiger partial charge is 0.222 e. The zero-order chi connectivity index (χ0) is 9.68. The molecule has 0 saturated heterocycles. The van der Waals surface area contributed by atoms with Crippen LogP contribution in [-0.2, 0) is 4.79 Å². The van der Waals surface area contributed by atoms with Crippen molar-refractivity contribution in [1.29, 1.82) is 0 Å². The van der Waals surface area contributed by atoms with Gasteiger partial charge < -0.3 is 5.32 Å². The quantitative estimate of drug-likeness (QED) is 0.655. The van der Waals surface area contributed by atoms with Crippen LogP contribution in [0.1, 0.15) is 52.4 Å². The van der Waals surface area contributed by atoms with E-state index in [9.17, 15) is 4.79 Å². The molecule has 1 aliphatic rings. The van der Waals surface area contributed by atoms with Gasteiger partial charge in [0, 0.05) is 12.0 Å². The number of carbonyl (C=O) groups is 1. The fourth-order valence-electron chi connectivity index (χ4n) is 1.79. The van der Waals surface area contributed by atoms with Gasteiger partial charge in [0.05, 0.1) is 0 Å². The molecule has 0 spiro atoms. The Morgan fingerprint density at radius 3 is 2.15 bits per heavy atom. The third kappa shape index (κ3) is 3.79. The summed E-state index contributed by atoms with van der Waals surface area (Å²) < 4.78 is 0. The van der Waals surface area contributed by atoms with Crippen molar-refractivity contribution >= 4 is 5.91 Å². The highest BCUT2D eigenvalue weighted by molar-refractivity contribution is 5.78. The van der Waals surface area contributed by atoms with Crippen LogP contribution < -0.4 is 5.32 Å². The molecule has 1 fully saturated rings. The third-order valence-corrected chi connectivity index (χ3v) is 2.73. The second-order valence-corrected chi connectivity index (χ2v) is 4.35. The van der Waals surface area contributed by atoms with Gasteiger partial charge in [-0.15, -0.1) is 0 Å². The fourth-order valence-corrected chi connectivity index (χ4v) is 1.79. The van der Waals surface area contributed by atoms with E-state index in [2.05, 4.69) is 5.32 Å². The van der Waals surface area contributed by atoms with Crippen LogP contribution in [0.15, 0.2) is 0 Å². The molecule has 1 N–H and O–H groups in total. The Bertz CT molecular complexity index is 157. The minimum Gasteiger partial charge on any atom is -0.353 e. The van der Waals surface area contributed by atoms with Crippen LogP contribution in [0.5, 0.6) is 0 Å². The van der Waals surface area contributed by atoms with Crippen molar-refractivity contribution in [3.05, 3.63) is 0 Å². The summed E-state index contributed by atoms with van der Waals surface area (Å²) in [4.78, 5) is 11.4. The summed E-state index contributed by atoms with van der Waals surface area (Å²) in [5, 5.41) is 3.12. The van der Waals surface area contributed by atoms with E-state index >= 15 is 0 Å². The average Bonchev–Trinajstić information content (AvgIpc) is 2.32. The van der Waals surface area contributed by atoms with Crippen molar-refractivity contribution in [3.8, 4) is 0 Å². The van der Waals surface area contributed by atoms with Crippen LogP contribution in [0.2, 0.25) is 0 Å². The molecule has 13 heavy (non-hydrogen) atoms. The minimum absolute atomic E-state index is 0.128. The van der Waals surface area contributed by atoms with Gasteiger partial charge in [0.1, 0.15) is 0 Å². The maximum atomic E-state index is 11.4. The molecule has 0 radical (unpaired) electrons. The molecular formula is C11H21NO. The van der Waals surface area contributed by atoms with Gasteiger partial charge in [-0.3, -0.25) is 4.79 Å². The molecule has 1 saturated carbocycles. The first-order valence-electron chi connectivity index (χ1n) is 5.50. The SMILES string of the molecule is CC(C)C(=O)NC1CCCCCC1. The second-order valence-electron chi connectivity index (χ2n) is 4.35. The molecule has 1 rings (SSSR count). The van der Waals surface area contributed by atoms with Crippen LogP contribution in [0.25, 0.3) is 0 Å². The number of hydrogen-bond acceptors (Lipinski definition) is 1. The lowest BCUT2D eigenvalue weighted by Gasteiger charge is -2.17. The second kappa shape index (κ2) is 5.25. The van der Waals surface area contributed by atoms with E-state index in [1.807, 2.05) is 13.8 Å². The predicted octanol–water partition coefficient (Wildman–Crippen LogP) is 2.48. The highest BCUT2D eigenvalue weighted by Gasteiger charge is 2.15. The molecule has 0 aromatic rings. The summed E-state index contributed by atoms with van der Waals surface area (Å²) in [5.74, 6) is 0.343. The standard InChI is InChI=1S/C11H21NO/c1-9(2)11(13)12-10-7-5-3-4-6-8-10/h9-10H,3-8H2,1-2H3,(H,12,13). The Balaban J connectivity index is 2.29. The van der Waals surface area contributed by atoms with E-state index in [0.717, 1.165) is 0 Å². The molecule has 0 heterocycles. The summed E-state index contributed by atoms with van der Waals surface area (Å²) in [6.07, 6.45) is 7.60. The van der Waals surface area contributed by atoms with Crippen LogP contribution >= 0.6 is 0 Å². The Hall–Kier alpha value is -0.530. The third-order valence-electron chi connectivity index (χ3n) is 2.73. The van der Waals surface area contributed by atoms with Gasteiger partial charge in [0.2, 0.25) is 5.91 Å². The first-order chi connectivity index (χ1) is 6.20. The summed E-state index contributed by atoms with van der Waals surface area (Å²) in [6, 6.07) is 0.456. The fraction of sp³-hybridized carbons (Fsp3) is 0.909. The molecule has 1 aliphatic carbocycles. The Labute approximate surface area is 81.1 Å².